The van der Waals surface area contributed by atoms with Gasteiger partial charge in [0, 0.05) is 5.69 Å². The number of nitrogens with one attached hydrogen (secondary N) is 2. The maximum absolute atomic E-state index is 12.8. The van der Waals surface area contributed by atoms with Crippen molar-refractivity contribution in [2.45, 2.75) is 13.3 Å². The summed E-state index contributed by atoms with van der Waals surface area (Å²) in [6, 6.07) is 12.7. The van der Waals surface area contributed by atoms with Gasteiger partial charge in [-0.2, -0.15) is 5.10 Å². The Bertz CT molecular complexity index is 669. The molecule has 114 valence electrons. The first-order valence-corrected chi connectivity index (χ1v) is 7.18. The second kappa shape index (κ2) is 7.51. The third-order valence-electron chi connectivity index (χ3n) is 2.93. The summed E-state index contributed by atoms with van der Waals surface area (Å²) in [5.74, 6) is -0.0938. The standard InChI is InChI=1S/C16H16FN3OS/c1-2-15(11-3-9-14(21)10-4-11)19-20-16(22)18-13-7-5-12(17)6-8-13/h3-10,21H,2H2,1H3,(H2,18,20,22)/b19-15+. The van der Waals surface area contributed by atoms with Gasteiger partial charge < -0.3 is 10.4 Å². The Balaban J connectivity index is 2.00. The lowest BCUT2D eigenvalue weighted by Gasteiger charge is -2.09. The molecule has 4 nitrogen and oxygen atoms in total. The van der Waals surface area contributed by atoms with Crippen molar-refractivity contribution in [2.24, 2.45) is 5.10 Å². The van der Waals surface area contributed by atoms with Crippen LogP contribution in [0.15, 0.2) is 53.6 Å². The molecule has 0 atom stereocenters. The van der Waals surface area contributed by atoms with Gasteiger partial charge in [0.05, 0.1) is 5.71 Å². The third kappa shape index (κ3) is 4.53. The zero-order chi connectivity index (χ0) is 15.9. The van der Waals surface area contributed by atoms with Gasteiger partial charge in [0.1, 0.15) is 11.6 Å². The molecule has 2 rings (SSSR count). The summed E-state index contributed by atoms with van der Waals surface area (Å²) in [7, 11) is 0. The molecule has 0 saturated heterocycles. The first kappa shape index (κ1) is 15.9. The number of anilines is 1. The number of thiocarbonyl (C=S) groups is 1. The molecule has 2 aromatic rings. The molecule has 0 aliphatic carbocycles. The summed E-state index contributed by atoms with van der Waals surface area (Å²) in [6.07, 6.45) is 0.705. The summed E-state index contributed by atoms with van der Waals surface area (Å²) in [5, 5.41) is 16.8. The van der Waals surface area contributed by atoms with Gasteiger partial charge in [-0.3, -0.25) is 5.43 Å². The van der Waals surface area contributed by atoms with E-state index in [1.165, 1.54) is 12.1 Å². The average Bonchev–Trinajstić information content (AvgIpc) is 2.52. The molecule has 0 bridgehead atoms. The normalized spacial score (nSPS) is 11.1. The molecule has 0 unspecified atom stereocenters. The van der Waals surface area contributed by atoms with Gasteiger partial charge in [-0.15, -0.1) is 0 Å². The van der Waals surface area contributed by atoms with E-state index >= 15 is 0 Å². The van der Waals surface area contributed by atoms with Gasteiger partial charge in [-0.25, -0.2) is 4.39 Å². The van der Waals surface area contributed by atoms with Crippen LogP contribution in [-0.2, 0) is 0 Å². The Hall–Kier alpha value is -2.47. The van der Waals surface area contributed by atoms with Crippen LogP contribution < -0.4 is 10.7 Å². The zero-order valence-corrected chi connectivity index (χ0v) is 12.8. The number of hydrogen-bond acceptors (Lipinski definition) is 3. The minimum Gasteiger partial charge on any atom is -0.508 e. The first-order valence-electron chi connectivity index (χ1n) is 6.77. The van der Waals surface area contributed by atoms with Gasteiger partial charge in [0.2, 0.25) is 0 Å². The van der Waals surface area contributed by atoms with Gasteiger partial charge in [-0.1, -0.05) is 6.92 Å². The van der Waals surface area contributed by atoms with E-state index in [0.29, 0.717) is 17.2 Å². The van der Waals surface area contributed by atoms with Gasteiger partial charge in [-0.05, 0) is 72.7 Å². The number of phenolic OH excluding ortho intramolecular Hbond substituents is 1. The van der Waals surface area contributed by atoms with E-state index in [4.69, 9.17) is 12.2 Å². The Morgan fingerprint density at radius 2 is 1.77 bits per heavy atom. The number of aromatic hydroxyl groups is 1. The molecule has 6 heteroatoms. The molecule has 3 N–H and O–H groups in total. The summed E-state index contributed by atoms with van der Waals surface area (Å²) in [6.45, 7) is 1.98. The molecule has 0 aliphatic rings. The van der Waals surface area contributed by atoms with Crippen LogP contribution in [0, 0.1) is 5.82 Å². The summed E-state index contributed by atoms with van der Waals surface area (Å²) in [4.78, 5) is 0. The molecule has 0 saturated carbocycles. The van der Waals surface area contributed by atoms with Crippen molar-refractivity contribution in [3.05, 3.63) is 59.9 Å². The number of halogens is 1. The molecule has 0 spiro atoms. The molecule has 0 aliphatic heterocycles. The molecular formula is C16H16FN3OS. The summed E-state index contributed by atoms with van der Waals surface area (Å²) < 4.78 is 12.8. The van der Waals surface area contributed by atoms with Crippen LogP contribution in [0.1, 0.15) is 18.9 Å². The molecule has 0 fully saturated rings. The Morgan fingerprint density at radius 1 is 1.14 bits per heavy atom. The highest BCUT2D eigenvalue weighted by Gasteiger charge is 2.02. The lowest BCUT2D eigenvalue weighted by atomic mass is 10.1. The lowest BCUT2D eigenvalue weighted by molar-refractivity contribution is 0.475. The predicted octanol–water partition coefficient (Wildman–Crippen LogP) is 3.63. The van der Waals surface area contributed by atoms with Crippen molar-refractivity contribution in [3.8, 4) is 5.75 Å². The quantitative estimate of drug-likeness (QED) is 0.458. The van der Waals surface area contributed by atoms with E-state index in [2.05, 4.69) is 15.8 Å². The van der Waals surface area contributed by atoms with Crippen LogP contribution in [0.25, 0.3) is 0 Å². The van der Waals surface area contributed by atoms with Crippen LogP contribution in [0.4, 0.5) is 10.1 Å². The number of nitrogens with zero attached hydrogens (tertiary/aromatic N) is 1. The van der Waals surface area contributed by atoms with Crippen molar-refractivity contribution < 1.29 is 9.50 Å². The predicted molar refractivity (Wildman–Crippen MR) is 90.7 cm³/mol. The van der Waals surface area contributed by atoms with Gasteiger partial charge >= 0.3 is 0 Å². The van der Waals surface area contributed by atoms with E-state index in [9.17, 15) is 9.50 Å². The number of hydrazone groups is 1. The van der Waals surface area contributed by atoms with Gasteiger partial charge in [0.25, 0.3) is 0 Å². The largest absolute Gasteiger partial charge is 0.508 e. The number of rotatable bonds is 4. The zero-order valence-electron chi connectivity index (χ0n) is 12.0. The number of hydrogen-bond donors (Lipinski definition) is 3. The second-order valence-electron chi connectivity index (χ2n) is 4.53. The van der Waals surface area contributed by atoms with Crippen molar-refractivity contribution in [3.63, 3.8) is 0 Å². The van der Waals surface area contributed by atoms with Crippen LogP contribution in [0.3, 0.4) is 0 Å². The van der Waals surface area contributed by atoms with Crippen LogP contribution >= 0.6 is 12.2 Å². The lowest BCUT2D eigenvalue weighted by Crippen LogP contribution is -2.25. The van der Waals surface area contributed by atoms with Crippen molar-refractivity contribution in [1.29, 1.82) is 0 Å². The number of benzene rings is 2. The second-order valence-corrected chi connectivity index (χ2v) is 4.94. The van der Waals surface area contributed by atoms with Crippen LogP contribution in [0.2, 0.25) is 0 Å². The third-order valence-corrected chi connectivity index (χ3v) is 3.12. The van der Waals surface area contributed by atoms with Crippen LogP contribution in [0.5, 0.6) is 5.75 Å². The topological polar surface area (TPSA) is 56.7 Å². The average molecular weight is 317 g/mol. The molecule has 0 aromatic heterocycles. The highest BCUT2D eigenvalue weighted by molar-refractivity contribution is 7.80. The summed E-state index contributed by atoms with van der Waals surface area (Å²) in [5.41, 5.74) is 5.15. The Morgan fingerprint density at radius 3 is 2.36 bits per heavy atom. The Kier molecular flexibility index (Phi) is 5.43. The fourth-order valence-electron chi connectivity index (χ4n) is 1.81. The number of phenols is 1. The molecular weight excluding hydrogens is 301 g/mol. The molecule has 2 aromatic carbocycles. The van der Waals surface area contributed by atoms with E-state index < -0.39 is 0 Å². The maximum Gasteiger partial charge on any atom is 0.191 e. The van der Waals surface area contributed by atoms with Crippen molar-refractivity contribution >= 4 is 28.7 Å². The van der Waals surface area contributed by atoms with E-state index in [0.717, 1.165) is 11.3 Å². The highest BCUT2D eigenvalue weighted by Crippen LogP contribution is 2.12. The monoisotopic (exact) mass is 317 g/mol. The summed E-state index contributed by atoms with van der Waals surface area (Å²) >= 11 is 5.14. The molecule has 0 radical (unpaired) electrons. The maximum atomic E-state index is 12.8. The smallest absolute Gasteiger partial charge is 0.191 e. The molecule has 0 amide bonds. The molecule has 0 heterocycles. The van der Waals surface area contributed by atoms with E-state index in [1.807, 2.05) is 6.92 Å². The minimum absolute atomic E-state index is 0.209. The van der Waals surface area contributed by atoms with E-state index in [-0.39, 0.29) is 11.6 Å². The fourth-order valence-corrected chi connectivity index (χ4v) is 1.98. The first-order chi connectivity index (χ1) is 10.6. The minimum atomic E-state index is -0.303. The fraction of sp³-hybridized carbons (Fsp3) is 0.125. The van der Waals surface area contributed by atoms with Crippen molar-refractivity contribution in [2.75, 3.05) is 5.32 Å². The Labute approximate surface area is 133 Å². The van der Waals surface area contributed by atoms with Crippen LogP contribution in [-0.4, -0.2) is 15.9 Å². The van der Waals surface area contributed by atoms with Crippen molar-refractivity contribution in [1.82, 2.24) is 5.43 Å². The molecule has 22 heavy (non-hydrogen) atoms. The van der Waals surface area contributed by atoms with Gasteiger partial charge in [0.15, 0.2) is 5.11 Å². The SMILES string of the molecule is CC/C(=N\NC(=S)Nc1ccc(F)cc1)c1ccc(O)cc1. The van der Waals surface area contributed by atoms with E-state index in [1.54, 1.807) is 36.4 Å². The highest BCUT2D eigenvalue weighted by atomic mass is 32.1.